The molecule has 0 radical (unpaired) electrons. The van der Waals surface area contributed by atoms with Crippen LogP contribution in [-0.2, 0) is 10.0 Å². The second-order valence-corrected chi connectivity index (χ2v) is 9.17. The lowest BCUT2D eigenvalue weighted by Gasteiger charge is -2.54. The van der Waals surface area contributed by atoms with Crippen LogP contribution in [0.4, 0.5) is 4.39 Å². The van der Waals surface area contributed by atoms with Crippen LogP contribution in [0.2, 0.25) is 0 Å². The van der Waals surface area contributed by atoms with E-state index in [9.17, 15) is 12.8 Å². The van der Waals surface area contributed by atoms with Crippen molar-refractivity contribution in [3.63, 3.8) is 0 Å². The average Bonchev–Trinajstić information content (AvgIpc) is 2.41. The normalized spacial score (nSPS) is 36.7. The number of rotatable bonds is 3. The highest BCUT2D eigenvalue weighted by molar-refractivity contribution is 7.89. The average molecular weight is 323 g/mol. The van der Waals surface area contributed by atoms with E-state index in [0.29, 0.717) is 17.4 Å². The molecule has 120 valence electrons. The fourth-order valence-corrected chi connectivity index (χ4v) is 6.87. The van der Waals surface area contributed by atoms with Crippen molar-refractivity contribution in [3.05, 3.63) is 29.6 Å². The van der Waals surface area contributed by atoms with E-state index < -0.39 is 15.8 Å². The van der Waals surface area contributed by atoms with Gasteiger partial charge >= 0.3 is 0 Å². The van der Waals surface area contributed by atoms with E-state index in [1.165, 1.54) is 50.3 Å². The Morgan fingerprint density at radius 3 is 2.18 bits per heavy atom. The molecule has 0 atom stereocenters. The maximum Gasteiger partial charge on any atom is 0.241 e. The molecule has 3 nitrogen and oxygen atoms in total. The molecule has 4 aliphatic carbocycles. The lowest BCUT2D eigenvalue weighted by atomic mass is 9.54. The predicted molar refractivity (Wildman–Crippen MR) is 82.3 cm³/mol. The van der Waals surface area contributed by atoms with Crippen LogP contribution in [-0.4, -0.2) is 14.5 Å². The van der Waals surface area contributed by atoms with Crippen molar-refractivity contribution in [1.29, 1.82) is 0 Å². The van der Waals surface area contributed by atoms with Crippen molar-refractivity contribution >= 4 is 10.0 Å². The summed E-state index contributed by atoms with van der Waals surface area (Å²) in [6.07, 6.45) is 6.03. The van der Waals surface area contributed by atoms with Crippen LogP contribution >= 0.6 is 0 Å². The molecule has 0 amide bonds. The van der Waals surface area contributed by atoms with E-state index in [1.807, 2.05) is 0 Å². The quantitative estimate of drug-likeness (QED) is 0.928. The summed E-state index contributed by atoms with van der Waals surface area (Å²) >= 11 is 0. The van der Waals surface area contributed by atoms with Crippen LogP contribution in [0.5, 0.6) is 0 Å². The number of benzene rings is 1. The lowest BCUT2D eigenvalue weighted by Crippen LogP contribution is -2.55. The van der Waals surface area contributed by atoms with Gasteiger partial charge < -0.3 is 0 Å². The summed E-state index contributed by atoms with van der Waals surface area (Å²) in [6.45, 7) is 1.65. The van der Waals surface area contributed by atoms with Crippen LogP contribution in [0.25, 0.3) is 0 Å². The summed E-state index contributed by atoms with van der Waals surface area (Å²) < 4.78 is 41.6. The van der Waals surface area contributed by atoms with Crippen molar-refractivity contribution in [1.82, 2.24) is 4.72 Å². The lowest BCUT2D eigenvalue weighted by molar-refractivity contribution is -0.00558. The molecule has 0 unspecified atom stereocenters. The van der Waals surface area contributed by atoms with Gasteiger partial charge in [0.05, 0.1) is 4.90 Å². The molecule has 5 rings (SSSR count). The molecule has 5 heteroatoms. The van der Waals surface area contributed by atoms with Crippen molar-refractivity contribution in [2.24, 2.45) is 23.7 Å². The highest BCUT2D eigenvalue weighted by Gasteiger charge is 2.49. The van der Waals surface area contributed by atoms with E-state index in [2.05, 4.69) is 4.72 Å². The zero-order valence-electron chi connectivity index (χ0n) is 12.8. The molecule has 4 bridgehead atoms. The molecule has 0 spiro atoms. The summed E-state index contributed by atoms with van der Waals surface area (Å²) in [5, 5.41) is 0. The third-order valence-electron chi connectivity index (χ3n) is 5.94. The van der Waals surface area contributed by atoms with Crippen LogP contribution in [0.3, 0.4) is 0 Å². The molecule has 4 fully saturated rings. The third-order valence-corrected chi connectivity index (χ3v) is 7.56. The molecule has 4 saturated carbocycles. The zero-order valence-corrected chi connectivity index (χ0v) is 13.6. The Bertz CT molecular complexity index is 673. The summed E-state index contributed by atoms with van der Waals surface area (Å²) in [5.41, 5.74) is 0.469. The standard InChI is InChI=1S/C17H22FNO2S/c1-10-4-15(18)2-3-16(10)22(20,21)19-17-13-6-11-5-12(8-13)9-14(17)7-11/h2-4,11-14,17,19H,5-9H2,1H3. The summed E-state index contributed by atoms with van der Waals surface area (Å²) in [6, 6.07) is 3.95. The Labute approximate surface area is 131 Å². The molecule has 22 heavy (non-hydrogen) atoms. The Balaban J connectivity index is 1.60. The van der Waals surface area contributed by atoms with Gasteiger partial charge in [-0.25, -0.2) is 17.5 Å². The van der Waals surface area contributed by atoms with Gasteiger partial charge in [-0.3, -0.25) is 0 Å². The van der Waals surface area contributed by atoms with Crippen molar-refractivity contribution < 1.29 is 12.8 Å². The Hall–Kier alpha value is -0.940. The second kappa shape index (κ2) is 5.03. The van der Waals surface area contributed by atoms with Gasteiger partial charge in [-0.15, -0.1) is 0 Å². The first-order valence-electron chi connectivity index (χ1n) is 8.21. The fourth-order valence-electron chi connectivity index (χ4n) is 5.27. The van der Waals surface area contributed by atoms with E-state index in [4.69, 9.17) is 0 Å². The summed E-state index contributed by atoms with van der Waals surface area (Å²) in [4.78, 5) is 0.211. The van der Waals surface area contributed by atoms with Gasteiger partial charge in [0, 0.05) is 6.04 Å². The maximum atomic E-state index is 13.2. The molecular weight excluding hydrogens is 301 g/mol. The minimum absolute atomic E-state index is 0.0715. The Morgan fingerprint density at radius 1 is 1.05 bits per heavy atom. The zero-order chi connectivity index (χ0) is 15.5. The Morgan fingerprint density at radius 2 is 1.64 bits per heavy atom. The van der Waals surface area contributed by atoms with Gasteiger partial charge in [0.2, 0.25) is 10.0 Å². The number of hydrogen-bond donors (Lipinski definition) is 1. The van der Waals surface area contributed by atoms with Crippen molar-refractivity contribution in [2.75, 3.05) is 0 Å². The number of sulfonamides is 1. The van der Waals surface area contributed by atoms with Gasteiger partial charge in [0.25, 0.3) is 0 Å². The summed E-state index contributed by atoms with van der Waals surface area (Å²) in [5.74, 6) is 2.22. The third kappa shape index (κ3) is 2.38. The molecule has 0 saturated heterocycles. The van der Waals surface area contributed by atoms with Crippen molar-refractivity contribution in [2.45, 2.75) is 50.0 Å². The van der Waals surface area contributed by atoms with E-state index in [0.717, 1.165) is 11.8 Å². The fraction of sp³-hybridized carbons (Fsp3) is 0.647. The number of halogens is 1. The van der Waals surface area contributed by atoms with Crippen LogP contribution in [0.1, 0.15) is 37.7 Å². The smallest absolute Gasteiger partial charge is 0.208 e. The number of hydrogen-bond acceptors (Lipinski definition) is 2. The molecular formula is C17H22FNO2S. The minimum atomic E-state index is -3.57. The molecule has 0 aromatic heterocycles. The molecule has 0 aliphatic heterocycles. The molecule has 4 aliphatic rings. The first kappa shape index (κ1) is 14.6. The van der Waals surface area contributed by atoms with Gasteiger partial charge in [-0.05, 0) is 86.5 Å². The first-order valence-corrected chi connectivity index (χ1v) is 9.69. The minimum Gasteiger partial charge on any atom is -0.208 e. The number of nitrogens with one attached hydrogen (secondary N) is 1. The Kier molecular flexibility index (Phi) is 3.35. The van der Waals surface area contributed by atoms with Crippen LogP contribution in [0.15, 0.2) is 23.1 Å². The van der Waals surface area contributed by atoms with Crippen molar-refractivity contribution in [3.8, 4) is 0 Å². The van der Waals surface area contributed by atoms with E-state index >= 15 is 0 Å². The SMILES string of the molecule is Cc1cc(F)ccc1S(=O)(=O)NC1C2CC3CC(C2)CC1C3. The monoisotopic (exact) mass is 323 g/mol. The largest absolute Gasteiger partial charge is 0.241 e. The molecule has 0 heterocycles. The van der Waals surface area contributed by atoms with Gasteiger partial charge in [-0.1, -0.05) is 0 Å². The predicted octanol–water partition coefficient (Wildman–Crippen LogP) is 3.24. The van der Waals surface area contributed by atoms with Gasteiger partial charge in [-0.2, -0.15) is 0 Å². The van der Waals surface area contributed by atoms with Gasteiger partial charge in [0.15, 0.2) is 0 Å². The second-order valence-electron chi connectivity index (χ2n) is 7.49. The van der Waals surface area contributed by atoms with Gasteiger partial charge in [0.1, 0.15) is 5.82 Å². The number of aryl methyl sites for hydroxylation is 1. The van der Waals surface area contributed by atoms with E-state index in [1.54, 1.807) is 6.92 Å². The molecule has 1 N–H and O–H groups in total. The van der Waals surface area contributed by atoms with Crippen LogP contribution in [0, 0.1) is 36.4 Å². The molecule has 1 aromatic rings. The van der Waals surface area contributed by atoms with E-state index in [-0.39, 0.29) is 10.9 Å². The molecule has 1 aromatic carbocycles. The van der Waals surface area contributed by atoms with Crippen LogP contribution < -0.4 is 4.72 Å². The maximum absolute atomic E-state index is 13.2. The highest BCUT2D eigenvalue weighted by Crippen LogP contribution is 2.53. The topological polar surface area (TPSA) is 46.2 Å². The highest BCUT2D eigenvalue weighted by atomic mass is 32.2. The first-order chi connectivity index (χ1) is 10.4. The summed E-state index contributed by atoms with van der Waals surface area (Å²) in [7, 11) is -3.57.